The van der Waals surface area contributed by atoms with Crippen LogP contribution in [0, 0.1) is 11.6 Å². The van der Waals surface area contributed by atoms with Gasteiger partial charge in [0.1, 0.15) is 17.2 Å². The maximum absolute atomic E-state index is 13.2. The van der Waals surface area contributed by atoms with E-state index < -0.39 is 23.3 Å². The zero-order chi connectivity index (χ0) is 15.3. The van der Waals surface area contributed by atoms with Crippen molar-refractivity contribution in [3.8, 4) is 0 Å². The minimum atomic E-state index is -0.815. The van der Waals surface area contributed by atoms with E-state index in [4.69, 9.17) is 10.5 Å². The Labute approximate surface area is 116 Å². The zero-order valence-electron chi connectivity index (χ0n) is 11.7. The van der Waals surface area contributed by atoms with Gasteiger partial charge in [-0.3, -0.25) is 0 Å². The predicted octanol–water partition coefficient (Wildman–Crippen LogP) is 3.08. The smallest absolute Gasteiger partial charge is 0.407 e. The van der Waals surface area contributed by atoms with E-state index in [0.717, 1.165) is 6.07 Å². The Morgan fingerprint density at radius 2 is 2.05 bits per heavy atom. The number of benzene rings is 1. The van der Waals surface area contributed by atoms with Crippen molar-refractivity contribution >= 4 is 17.9 Å². The number of alkyl carbamates (subject to hydrolysis) is 1. The summed E-state index contributed by atoms with van der Waals surface area (Å²) in [5.41, 5.74) is 4.97. The van der Waals surface area contributed by atoms with Crippen LogP contribution in [0.15, 0.2) is 18.2 Å². The number of carbonyl (C=O) groups is 1. The molecule has 1 aromatic rings. The van der Waals surface area contributed by atoms with Gasteiger partial charge in [0.15, 0.2) is 0 Å². The number of rotatable bonds is 3. The van der Waals surface area contributed by atoms with Crippen LogP contribution in [-0.2, 0) is 4.74 Å². The quantitative estimate of drug-likeness (QED) is 0.838. The number of carbonyl (C=O) groups excluding carboxylic acids is 1. The molecule has 0 heterocycles. The molecule has 0 unspecified atom stereocenters. The van der Waals surface area contributed by atoms with E-state index in [-0.39, 0.29) is 17.8 Å². The minimum Gasteiger partial charge on any atom is -0.444 e. The number of amides is 1. The number of nitrogens with two attached hydrogens (primary N) is 1. The Bertz CT molecular complexity index is 523. The molecule has 0 aliphatic rings. The summed E-state index contributed by atoms with van der Waals surface area (Å²) in [4.78, 5) is 11.3. The van der Waals surface area contributed by atoms with Gasteiger partial charge < -0.3 is 15.8 Å². The van der Waals surface area contributed by atoms with Crippen molar-refractivity contribution in [1.82, 2.24) is 5.32 Å². The maximum Gasteiger partial charge on any atom is 0.407 e. The average Bonchev–Trinajstić information content (AvgIpc) is 2.28. The molecule has 1 rings (SSSR count). The van der Waals surface area contributed by atoms with Gasteiger partial charge in [-0.2, -0.15) is 0 Å². The SMILES string of the molecule is CC(C)(C)OC(=O)NCC=Cc1cc(F)cc(F)c1N. The summed E-state index contributed by atoms with van der Waals surface area (Å²) in [5.74, 6) is -1.53. The van der Waals surface area contributed by atoms with Gasteiger partial charge in [-0.15, -0.1) is 0 Å². The third-order valence-corrected chi connectivity index (χ3v) is 2.19. The van der Waals surface area contributed by atoms with Gasteiger partial charge in [0.2, 0.25) is 0 Å². The van der Waals surface area contributed by atoms with Gasteiger partial charge in [0.25, 0.3) is 0 Å². The van der Waals surface area contributed by atoms with Gasteiger partial charge in [-0.25, -0.2) is 13.6 Å². The first-order valence-corrected chi connectivity index (χ1v) is 6.07. The van der Waals surface area contributed by atoms with Crippen LogP contribution in [0.3, 0.4) is 0 Å². The van der Waals surface area contributed by atoms with Crippen LogP contribution in [0.2, 0.25) is 0 Å². The lowest BCUT2D eigenvalue weighted by atomic mass is 10.1. The number of nitrogen functional groups attached to an aromatic ring is 1. The van der Waals surface area contributed by atoms with Crippen LogP contribution < -0.4 is 11.1 Å². The molecule has 20 heavy (non-hydrogen) atoms. The Hall–Kier alpha value is -2.11. The van der Waals surface area contributed by atoms with Crippen LogP contribution in [0.1, 0.15) is 26.3 Å². The summed E-state index contributed by atoms with van der Waals surface area (Å²) < 4.78 is 31.2. The fraction of sp³-hybridized carbons (Fsp3) is 0.357. The number of hydrogen-bond acceptors (Lipinski definition) is 3. The van der Waals surface area contributed by atoms with Crippen LogP contribution in [0.25, 0.3) is 6.08 Å². The van der Waals surface area contributed by atoms with Crippen molar-refractivity contribution in [2.75, 3.05) is 12.3 Å². The van der Waals surface area contributed by atoms with Gasteiger partial charge in [0.05, 0.1) is 5.69 Å². The van der Waals surface area contributed by atoms with Crippen LogP contribution >= 0.6 is 0 Å². The third kappa shape index (κ3) is 5.26. The number of hydrogen-bond donors (Lipinski definition) is 2. The summed E-state index contributed by atoms with van der Waals surface area (Å²) in [6.07, 6.45) is 2.38. The highest BCUT2D eigenvalue weighted by Crippen LogP contribution is 2.19. The molecule has 3 N–H and O–H groups in total. The first kappa shape index (κ1) is 15.9. The normalized spacial score (nSPS) is 11.7. The molecule has 1 amide bonds. The first-order valence-electron chi connectivity index (χ1n) is 6.07. The molecule has 1 aromatic carbocycles. The molecule has 6 heteroatoms. The molecule has 110 valence electrons. The van der Waals surface area contributed by atoms with E-state index in [0.29, 0.717) is 6.07 Å². The number of anilines is 1. The summed E-state index contributed by atoms with van der Waals surface area (Å²) in [6, 6.07) is 1.83. The van der Waals surface area contributed by atoms with E-state index in [1.807, 2.05) is 0 Å². The van der Waals surface area contributed by atoms with Crippen LogP contribution in [0.5, 0.6) is 0 Å². The molecule has 0 saturated heterocycles. The van der Waals surface area contributed by atoms with Crippen molar-refractivity contribution in [3.05, 3.63) is 35.4 Å². The van der Waals surface area contributed by atoms with Crippen molar-refractivity contribution in [2.45, 2.75) is 26.4 Å². The molecule has 0 aliphatic carbocycles. The van der Waals surface area contributed by atoms with Gasteiger partial charge in [-0.1, -0.05) is 12.2 Å². The largest absolute Gasteiger partial charge is 0.444 e. The number of nitrogens with one attached hydrogen (secondary N) is 1. The van der Waals surface area contributed by atoms with E-state index in [1.54, 1.807) is 20.8 Å². The lowest BCUT2D eigenvalue weighted by Crippen LogP contribution is -2.32. The molecular formula is C14H18F2N2O2. The summed E-state index contributed by atoms with van der Waals surface area (Å²) >= 11 is 0. The van der Waals surface area contributed by atoms with Gasteiger partial charge in [-0.05, 0) is 26.8 Å². The van der Waals surface area contributed by atoms with Crippen molar-refractivity contribution in [1.29, 1.82) is 0 Å². The molecule has 4 nitrogen and oxygen atoms in total. The monoisotopic (exact) mass is 284 g/mol. The molecular weight excluding hydrogens is 266 g/mol. The molecule has 0 atom stereocenters. The van der Waals surface area contributed by atoms with Gasteiger partial charge in [0, 0.05) is 18.2 Å². The highest BCUT2D eigenvalue weighted by Gasteiger charge is 2.15. The van der Waals surface area contributed by atoms with Crippen LogP contribution in [0.4, 0.5) is 19.3 Å². The van der Waals surface area contributed by atoms with Crippen molar-refractivity contribution in [2.24, 2.45) is 0 Å². The fourth-order valence-corrected chi connectivity index (χ4v) is 1.38. The fourth-order valence-electron chi connectivity index (χ4n) is 1.38. The third-order valence-electron chi connectivity index (χ3n) is 2.19. The summed E-state index contributed by atoms with van der Waals surface area (Å²) in [7, 11) is 0. The molecule has 0 bridgehead atoms. The van der Waals surface area contributed by atoms with E-state index in [2.05, 4.69) is 5.32 Å². The molecule has 0 aromatic heterocycles. The van der Waals surface area contributed by atoms with Crippen LogP contribution in [-0.4, -0.2) is 18.2 Å². The minimum absolute atomic E-state index is 0.139. The van der Waals surface area contributed by atoms with E-state index in [9.17, 15) is 13.6 Å². The lowest BCUT2D eigenvalue weighted by Gasteiger charge is -2.19. The van der Waals surface area contributed by atoms with Crippen molar-refractivity contribution in [3.63, 3.8) is 0 Å². The molecule has 0 aliphatic heterocycles. The second kappa shape index (κ2) is 6.36. The van der Waals surface area contributed by atoms with Gasteiger partial charge >= 0.3 is 6.09 Å². The van der Waals surface area contributed by atoms with Crippen molar-refractivity contribution < 1.29 is 18.3 Å². The highest BCUT2D eigenvalue weighted by molar-refractivity contribution is 5.69. The lowest BCUT2D eigenvalue weighted by molar-refractivity contribution is 0.0534. The van der Waals surface area contributed by atoms with E-state index in [1.165, 1.54) is 12.2 Å². The summed E-state index contributed by atoms with van der Waals surface area (Å²) in [6.45, 7) is 5.41. The molecule has 0 fully saturated rings. The number of halogens is 2. The Morgan fingerprint density at radius 1 is 1.40 bits per heavy atom. The second-order valence-corrected chi connectivity index (χ2v) is 5.18. The zero-order valence-corrected chi connectivity index (χ0v) is 11.7. The Balaban J connectivity index is 2.56. The Kier molecular flexibility index (Phi) is 5.07. The summed E-state index contributed by atoms with van der Waals surface area (Å²) in [5, 5.41) is 2.48. The topological polar surface area (TPSA) is 64.3 Å². The standard InChI is InChI=1S/C14H18F2N2O2/c1-14(2,3)20-13(19)18-6-4-5-9-7-10(15)8-11(16)12(9)17/h4-5,7-8H,6,17H2,1-3H3,(H,18,19). The highest BCUT2D eigenvalue weighted by atomic mass is 19.1. The average molecular weight is 284 g/mol. The molecule has 0 spiro atoms. The second-order valence-electron chi connectivity index (χ2n) is 5.18. The molecule has 0 radical (unpaired) electrons. The maximum atomic E-state index is 13.2. The predicted molar refractivity (Wildman–Crippen MR) is 74.0 cm³/mol. The Morgan fingerprint density at radius 3 is 2.65 bits per heavy atom. The number of ether oxygens (including phenoxy) is 1. The molecule has 0 saturated carbocycles. The van der Waals surface area contributed by atoms with E-state index >= 15 is 0 Å². The first-order chi connectivity index (χ1) is 9.19.